The Bertz CT molecular complexity index is 894. The monoisotopic (exact) mass is 383 g/mol. The fourth-order valence-corrected chi connectivity index (χ4v) is 2.90. The minimum atomic E-state index is -0.538. The predicted octanol–water partition coefficient (Wildman–Crippen LogP) is 1.10. The van der Waals surface area contributed by atoms with Gasteiger partial charge in [0.25, 0.3) is 5.91 Å². The molecule has 0 spiro atoms. The molecule has 9 heteroatoms. The van der Waals surface area contributed by atoms with Crippen LogP contribution in [0.5, 0.6) is 0 Å². The van der Waals surface area contributed by atoms with Crippen LogP contribution < -0.4 is 10.2 Å². The lowest BCUT2D eigenvalue weighted by molar-refractivity contribution is -0.118. The quantitative estimate of drug-likeness (QED) is 0.609. The average molecular weight is 383 g/mol. The molecule has 0 atom stereocenters. The Balaban J connectivity index is 1.81. The molecule has 146 valence electrons. The van der Waals surface area contributed by atoms with E-state index in [0.717, 1.165) is 6.41 Å². The molecule has 2 amide bonds. The molecule has 1 aliphatic rings. The topological polar surface area (TPSA) is 105 Å². The van der Waals surface area contributed by atoms with Crippen molar-refractivity contribution in [3.63, 3.8) is 0 Å². The summed E-state index contributed by atoms with van der Waals surface area (Å²) in [6.07, 6.45) is 0.825. The summed E-state index contributed by atoms with van der Waals surface area (Å²) in [5, 5.41) is 2.71. The molecule has 28 heavy (non-hydrogen) atoms. The number of hydrogen-bond donors (Lipinski definition) is 1. The lowest BCUT2D eigenvalue weighted by Crippen LogP contribution is -2.46. The number of nitrogens with one attached hydrogen (secondary N) is 1. The van der Waals surface area contributed by atoms with Gasteiger partial charge in [0.2, 0.25) is 12.4 Å². The maximum atomic E-state index is 12.7. The third kappa shape index (κ3) is 4.25. The van der Waals surface area contributed by atoms with Crippen molar-refractivity contribution in [3.8, 4) is 0 Å². The largest absolute Gasteiger partial charge is 0.465 e. The van der Waals surface area contributed by atoms with E-state index in [0.29, 0.717) is 43.5 Å². The molecule has 1 aromatic heterocycles. The number of rotatable bonds is 5. The number of piperazine rings is 1. The van der Waals surface area contributed by atoms with Crippen LogP contribution in [-0.4, -0.2) is 66.4 Å². The predicted molar refractivity (Wildman–Crippen MR) is 102 cm³/mol. The second-order valence-corrected chi connectivity index (χ2v) is 6.31. The van der Waals surface area contributed by atoms with Crippen molar-refractivity contribution in [2.24, 2.45) is 0 Å². The first-order chi connectivity index (χ1) is 13.5. The molecule has 0 unspecified atom stereocenters. The highest BCUT2D eigenvalue weighted by atomic mass is 16.5. The van der Waals surface area contributed by atoms with Crippen molar-refractivity contribution in [1.29, 1.82) is 0 Å². The second-order valence-electron chi connectivity index (χ2n) is 6.31. The van der Waals surface area contributed by atoms with E-state index in [1.807, 2.05) is 4.90 Å². The molecule has 0 radical (unpaired) electrons. The van der Waals surface area contributed by atoms with Gasteiger partial charge in [-0.1, -0.05) is 12.1 Å². The highest BCUT2D eigenvalue weighted by molar-refractivity contribution is 6.07. The molecule has 0 bridgehead atoms. The minimum absolute atomic E-state index is 0.194. The lowest BCUT2D eigenvalue weighted by Gasteiger charge is -2.32. The van der Waals surface area contributed by atoms with Crippen molar-refractivity contribution in [2.45, 2.75) is 6.92 Å². The summed E-state index contributed by atoms with van der Waals surface area (Å²) < 4.78 is 4.75. The molecule has 1 N–H and O–H groups in total. The van der Waals surface area contributed by atoms with E-state index in [1.54, 1.807) is 42.2 Å². The third-order valence-corrected chi connectivity index (χ3v) is 4.40. The molecule has 1 fully saturated rings. The summed E-state index contributed by atoms with van der Waals surface area (Å²) in [5.41, 5.74) is 1.44. The van der Waals surface area contributed by atoms with Crippen LogP contribution in [0.25, 0.3) is 0 Å². The summed E-state index contributed by atoms with van der Waals surface area (Å²) in [5.74, 6) is -0.546. The van der Waals surface area contributed by atoms with Gasteiger partial charge in [-0.3, -0.25) is 9.59 Å². The van der Waals surface area contributed by atoms with E-state index >= 15 is 0 Å². The van der Waals surface area contributed by atoms with Crippen molar-refractivity contribution in [1.82, 2.24) is 14.9 Å². The van der Waals surface area contributed by atoms with Crippen LogP contribution in [0.2, 0.25) is 0 Å². The van der Waals surface area contributed by atoms with Crippen molar-refractivity contribution >= 4 is 29.9 Å². The van der Waals surface area contributed by atoms with E-state index in [1.165, 1.54) is 7.11 Å². The van der Waals surface area contributed by atoms with Crippen molar-refractivity contribution in [3.05, 3.63) is 47.3 Å². The number of hydrogen-bond acceptors (Lipinski definition) is 7. The molecule has 1 aliphatic heterocycles. The summed E-state index contributed by atoms with van der Waals surface area (Å²) in [6, 6.07) is 8.18. The van der Waals surface area contributed by atoms with Crippen LogP contribution in [-0.2, 0) is 9.53 Å². The molecule has 3 rings (SSSR count). The van der Waals surface area contributed by atoms with E-state index < -0.39 is 11.9 Å². The SMILES string of the molecule is COC(=O)c1ccccc1NC(=O)c1cc(C)nc(N2CCN(C=O)CC2)n1. The maximum absolute atomic E-state index is 12.7. The van der Waals surface area contributed by atoms with E-state index in [4.69, 9.17) is 4.74 Å². The number of anilines is 2. The molecule has 9 nitrogen and oxygen atoms in total. The number of ether oxygens (including phenoxy) is 1. The Kier molecular flexibility index (Phi) is 5.83. The summed E-state index contributed by atoms with van der Waals surface area (Å²) in [7, 11) is 1.28. The number of carbonyl (C=O) groups is 3. The highest BCUT2D eigenvalue weighted by Crippen LogP contribution is 2.18. The van der Waals surface area contributed by atoms with Gasteiger partial charge in [-0.05, 0) is 25.1 Å². The number of nitrogens with zero attached hydrogens (tertiary/aromatic N) is 4. The number of esters is 1. The average Bonchev–Trinajstić information content (AvgIpc) is 2.73. The van der Waals surface area contributed by atoms with Gasteiger partial charge in [-0.25, -0.2) is 14.8 Å². The molecular formula is C19H21N5O4. The van der Waals surface area contributed by atoms with Gasteiger partial charge in [0, 0.05) is 31.9 Å². The lowest BCUT2D eigenvalue weighted by atomic mass is 10.1. The zero-order valence-electron chi connectivity index (χ0n) is 15.7. The first kappa shape index (κ1) is 19.3. The van der Waals surface area contributed by atoms with E-state index in [-0.39, 0.29) is 11.3 Å². The third-order valence-electron chi connectivity index (χ3n) is 4.40. The fraction of sp³-hybridized carbons (Fsp3) is 0.316. The summed E-state index contributed by atoms with van der Waals surface area (Å²) in [6.45, 7) is 4.12. The Morgan fingerprint density at radius 3 is 2.54 bits per heavy atom. The smallest absolute Gasteiger partial charge is 0.339 e. The van der Waals surface area contributed by atoms with Gasteiger partial charge in [-0.15, -0.1) is 0 Å². The molecule has 2 aromatic rings. The van der Waals surface area contributed by atoms with Crippen molar-refractivity contribution < 1.29 is 19.1 Å². The molecule has 0 saturated carbocycles. The van der Waals surface area contributed by atoms with Crippen molar-refractivity contribution in [2.75, 3.05) is 43.5 Å². The van der Waals surface area contributed by atoms with Gasteiger partial charge in [0.15, 0.2) is 0 Å². The number of carbonyl (C=O) groups excluding carboxylic acids is 3. The number of aromatic nitrogens is 2. The van der Waals surface area contributed by atoms with Gasteiger partial charge in [0.05, 0.1) is 18.4 Å². The Labute approximate surface area is 162 Å². The normalized spacial score (nSPS) is 13.8. The van der Waals surface area contributed by atoms with Gasteiger partial charge in [-0.2, -0.15) is 0 Å². The van der Waals surface area contributed by atoms with Gasteiger partial charge in [0.1, 0.15) is 5.69 Å². The molecule has 2 heterocycles. The van der Waals surface area contributed by atoms with Gasteiger partial charge >= 0.3 is 5.97 Å². The standard InChI is InChI=1S/C19H21N5O4/c1-13-11-16(22-19(20-13)24-9-7-23(12-25)8-10-24)17(26)21-15-6-4-3-5-14(15)18(27)28-2/h3-6,11-12H,7-10H2,1-2H3,(H,21,26). The van der Waals surface area contributed by atoms with Crippen LogP contribution in [0, 0.1) is 6.92 Å². The fourth-order valence-electron chi connectivity index (χ4n) is 2.90. The number of benzene rings is 1. The van der Waals surface area contributed by atoms with Crippen LogP contribution in [0.4, 0.5) is 11.6 Å². The van der Waals surface area contributed by atoms with Crippen LogP contribution in [0.3, 0.4) is 0 Å². The van der Waals surface area contributed by atoms with Crippen LogP contribution in [0.1, 0.15) is 26.5 Å². The zero-order chi connectivity index (χ0) is 20.1. The Morgan fingerprint density at radius 1 is 1.14 bits per heavy atom. The van der Waals surface area contributed by atoms with Crippen LogP contribution >= 0.6 is 0 Å². The number of para-hydroxylation sites is 1. The maximum Gasteiger partial charge on any atom is 0.339 e. The second kappa shape index (κ2) is 8.47. The summed E-state index contributed by atoms with van der Waals surface area (Å²) >= 11 is 0. The van der Waals surface area contributed by atoms with Crippen LogP contribution in [0.15, 0.2) is 30.3 Å². The van der Waals surface area contributed by atoms with Gasteiger partial charge < -0.3 is 19.9 Å². The molecule has 1 aromatic carbocycles. The number of amides is 2. The van der Waals surface area contributed by atoms with E-state index in [2.05, 4.69) is 15.3 Å². The zero-order valence-corrected chi connectivity index (χ0v) is 15.7. The Hall–Kier alpha value is -3.49. The first-order valence-electron chi connectivity index (χ1n) is 8.80. The summed E-state index contributed by atoms with van der Waals surface area (Å²) in [4.78, 5) is 47.9. The first-order valence-corrected chi connectivity index (χ1v) is 8.80. The molecule has 0 aliphatic carbocycles. The highest BCUT2D eigenvalue weighted by Gasteiger charge is 2.21. The Morgan fingerprint density at radius 2 is 1.86 bits per heavy atom. The minimum Gasteiger partial charge on any atom is -0.465 e. The molecular weight excluding hydrogens is 362 g/mol. The van der Waals surface area contributed by atoms with E-state index in [9.17, 15) is 14.4 Å². The number of aryl methyl sites for hydroxylation is 1. The number of methoxy groups -OCH3 is 1. The molecule has 1 saturated heterocycles.